The summed E-state index contributed by atoms with van der Waals surface area (Å²) < 4.78 is 63.8. The second-order valence-corrected chi connectivity index (χ2v) is 5.29. The third kappa shape index (κ3) is 2.71. The van der Waals surface area contributed by atoms with E-state index in [0.717, 1.165) is 7.11 Å². The Morgan fingerprint density at radius 1 is 1.35 bits per heavy atom. The lowest BCUT2D eigenvalue weighted by Crippen LogP contribution is -2.24. The average molecular weight is 313 g/mol. The van der Waals surface area contributed by atoms with Gasteiger partial charge in [0.15, 0.2) is 4.90 Å². The summed E-state index contributed by atoms with van der Waals surface area (Å²) in [5.74, 6) is -1.05. The maximum Gasteiger partial charge on any atom is 0.502 e. The van der Waals surface area contributed by atoms with E-state index in [4.69, 9.17) is 0 Å². The van der Waals surface area contributed by atoms with Gasteiger partial charge >= 0.3 is 11.5 Å². The maximum absolute atomic E-state index is 12.4. The molecule has 0 atom stereocenters. The first-order valence-corrected chi connectivity index (χ1v) is 6.18. The molecule has 0 N–H and O–H groups in total. The minimum Gasteiger partial charge on any atom is -0.465 e. The van der Waals surface area contributed by atoms with Gasteiger partial charge in [-0.3, -0.25) is 10.1 Å². The average Bonchev–Trinajstić information content (AvgIpc) is 2.35. The van der Waals surface area contributed by atoms with E-state index < -0.39 is 42.4 Å². The lowest BCUT2D eigenvalue weighted by atomic mass is 10.2. The molecule has 0 heterocycles. The Morgan fingerprint density at radius 2 is 1.90 bits per heavy atom. The largest absolute Gasteiger partial charge is 0.502 e. The van der Waals surface area contributed by atoms with Crippen molar-refractivity contribution in [3.63, 3.8) is 0 Å². The Labute approximate surface area is 110 Å². The van der Waals surface area contributed by atoms with Crippen LogP contribution in [0, 0.1) is 10.1 Å². The molecule has 0 aromatic heterocycles. The predicted molar refractivity (Wildman–Crippen MR) is 57.7 cm³/mol. The molecule has 11 heteroatoms. The topological polar surface area (TPSA) is 104 Å². The highest BCUT2D eigenvalue weighted by molar-refractivity contribution is 7.92. The van der Waals surface area contributed by atoms with Crippen LogP contribution < -0.4 is 0 Å². The van der Waals surface area contributed by atoms with Crippen molar-refractivity contribution in [2.75, 3.05) is 7.11 Å². The van der Waals surface area contributed by atoms with Gasteiger partial charge in [-0.1, -0.05) is 0 Å². The summed E-state index contributed by atoms with van der Waals surface area (Å²) in [6.07, 6.45) is 0. The number of benzene rings is 1. The van der Waals surface area contributed by atoms with Crippen LogP contribution in [0.25, 0.3) is 0 Å². The van der Waals surface area contributed by atoms with Gasteiger partial charge in [-0.15, -0.1) is 0 Å². The first kappa shape index (κ1) is 15.9. The number of nitro benzene ring substituents is 1. The van der Waals surface area contributed by atoms with Crippen molar-refractivity contribution in [3.8, 4) is 0 Å². The summed E-state index contributed by atoms with van der Waals surface area (Å²) in [4.78, 5) is 18.9. The fourth-order valence-electron chi connectivity index (χ4n) is 1.26. The Bertz CT molecular complexity index is 667. The van der Waals surface area contributed by atoms with Gasteiger partial charge in [-0.2, -0.15) is 13.2 Å². The third-order valence-electron chi connectivity index (χ3n) is 2.17. The molecular weight excluding hydrogens is 307 g/mol. The zero-order valence-electron chi connectivity index (χ0n) is 9.67. The molecule has 0 saturated heterocycles. The third-order valence-corrected chi connectivity index (χ3v) is 3.70. The summed E-state index contributed by atoms with van der Waals surface area (Å²) in [7, 11) is -4.94. The van der Waals surface area contributed by atoms with Crippen molar-refractivity contribution in [1.82, 2.24) is 0 Å². The number of hydrogen-bond donors (Lipinski definition) is 0. The molecule has 0 spiro atoms. The molecule has 0 amide bonds. The molecule has 1 rings (SSSR count). The minimum absolute atomic E-state index is 0.340. The number of alkyl halides is 3. The van der Waals surface area contributed by atoms with Crippen molar-refractivity contribution >= 4 is 21.5 Å². The highest BCUT2D eigenvalue weighted by Crippen LogP contribution is 2.35. The molecule has 0 radical (unpaired) electrons. The van der Waals surface area contributed by atoms with E-state index in [1.54, 1.807) is 0 Å². The Kier molecular flexibility index (Phi) is 4.03. The molecule has 0 fully saturated rings. The normalized spacial score (nSPS) is 12.0. The van der Waals surface area contributed by atoms with Crippen molar-refractivity contribution in [1.29, 1.82) is 0 Å². The van der Waals surface area contributed by atoms with E-state index in [1.807, 2.05) is 0 Å². The number of hydrogen-bond acceptors (Lipinski definition) is 6. The summed E-state index contributed by atoms with van der Waals surface area (Å²) in [5, 5.41) is 10.7. The van der Waals surface area contributed by atoms with Crippen molar-refractivity contribution in [2.24, 2.45) is 0 Å². The van der Waals surface area contributed by atoms with Crippen LogP contribution in [0.3, 0.4) is 0 Å². The molecule has 0 aliphatic carbocycles. The van der Waals surface area contributed by atoms with Gasteiger partial charge in [0.25, 0.3) is 15.5 Å². The van der Waals surface area contributed by atoms with Crippen LogP contribution in [-0.4, -0.2) is 31.9 Å². The lowest BCUT2D eigenvalue weighted by molar-refractivity contribution is -0.388. The molecule has 0 bridgehead atoms. The number of halogens is 3. The number of carbonyl (C=O) groups excluding carboxylic acids is 1. The van der Waals surface area contributed by atoms with Crippen LogP contribution in [0.4, 0.5) is 18.9 Å². The summed E-state index contributed by atoms with van der Waals surface area (Å²) in [5.41, 5.74) is -7.49. The number of methoxy groups -OCH3 is 1. The first-order chi connectivity index (χ1) is 9.02. The standard InChI is InChI=1S/C9H6F3NO6S/c1-19-8(14)5-2-3-7(6(4-5)13(15)16)20(17,18)9(10,11)12/h2-4H,1H3. The molecule has 0 aliphatic rings. The first-order valence-electron chi connectivity index (χ1n) is 4.70. The van der Waals surface area contributed by atoms with Crippen molar-refractivity contribution < 1.29 is 36.0 Å². The van der Waals surface area contributed by atoms with E-state index in [-0.39, 0.29) is 0 Å². The van der Waals surface area contributed by atoms with Crippen LogP contribution in [-0.2, 0) is 14.6 Å². The second kappa shape index (κ2) is 5.07. The van der Waals surface area contributed by atoms with Gasteiger partial charge in [0.05, 0.1) is 17.6 Å². The summed E-state index contributed by atoms with van der Waals surface area (Å²) in [6.45, 7) is 0. The second-order valence-electron chi connectivity index (χ2n) is 3.38. The van der Waals surface area contributed by atoms with Crippen LogP contribution in [0.5, 0.6) is 0 Å². The minimum atomic E-state index is -5.90. The number of nitro groups is 1. The number of carbonyl (C=O) groups is 1. The van der Waals surface area contributed by atoms with E-state index in [0.29, 0.717) is 18.2 Å². The molecule has 0 unspecified atom stereocenters. The maximum atomic E-state index is 12.4. The molecule has 20 heavy (non-hydrogen) atoms. The Morgan fingerprint density at radius 3 is 2.30 bits per heavy atom. The lowest BCUT2D eigenvalue weighted by Gasteiger charge is -2.09. The van der Waals surface area contributed by atoms with Crippen molar-refractivity contribution in [3.05, 3.63) is 33.9 Å². The highest BCUT2D eigenvalue weighted by atomic mass is 32.2. The number of sulfone groups is 1. The van der Waals surface area contributed by atoms with Crippen molar-refractivity contribution in [2.45, 2.75) is 10.4 Å². The molecule has 7 nitrogen and oxygen atoms in total. The van der Waals surface area contributed by atoms with Gasteiger partial charge in [0.2, 0.25) is 0 Å². The predicted octanol–water partition coefficient (Wildman–Crippen LogP) is 1.67. The molecule has 110 valence electrons. The SMILES string of the molecule is COC(=O)c1ccc(S(=O)(=O)C(F)(F)F)c([N+](=O)[O-])c1. The fourth-order valence-corrected chi connectivity index (χ4v) is 2.16. The van der Waals surface area contributed by atoms with Crippen LogP contribution >= 0.6 is 0 Å². The molecule has 0 saturated carbocycles. The number of rotatable bonds is 3. The fraction of sp³-hybridized carbons (Fsp3) is 0.222. The van der Waals surface area contributed by atoms with Gasteiger partial charge in [-0.05, 0) is 12.1 Å². The highest BCUT2D eigenvalue weighted by Gasteiger charge is 2.50. The van der Waals surface area contributed by atoms with Crippen LogP contribution in [0.2, 0.25) is 0 Å². The van der Waals surface area contributed by atoms with E-state index in [1.165, 1.54) is 0 Å². The summed E-state index contributed by atoms with van der Waals surface area (Å²) >= 11 is 0. The summed E-state index contributed by atoms with van der Waals surface area (Å²) in [6, 6.07) is 1.44. The zero-order valence-corrected chi connectivity index (χ0v) is 10.5. The van der Waals surface area contributed by atoms with Gasteiger partial charge in [0, 0.05) is 6.07 Å². The van der Waals surface area contributed by atoms with Crippen LogP contribution in [0.15, 0.2) is 23.1 Å². The Balaban J connectivity index is 3.59. The zero-order chi connectivity index (χ0) is 15.7. The van der Waals surface area contributed by atoms with E-state index in [2.05, 4.69) is 4.74 Å². The van der Waals surface area contributed by atoms with Gasteiger partial charge in [-0.25, -0.2) is 13.2 Å². The number of nitrogens with zero attached hydrogens (tertiary/aromatic N) is 1. The van der Waals surface area contributed by atoms with Gasteiger partial charge in [0.1, 0.15) is 0 Å². The van der Waals surface area contributed by atoms with Gasteiger partial charge < -0.3 is 4.74 Å². The number of ether oxygens (including phenoxy) is 1. The van der Waals surface area contributed by atoms with E-state index >= 15 is 0 Å². The van der Waals surface area contributed by atoms with E-state index in [9.17, 15) is 36.5 Å². The Hall–Kier alpha value is -2.17. The monoisotopic (exact) mass is 313 g/mol. The van der Waals surface area contributed by atoms with Crippen LogP contribution in [0.1, 0.15) is 10.4 Å². The smallest absolute Gasteiger partial charge is 0.465 e. The molecular formula is C9H6F3NO6S. The molecule has 1 aromatic carbocycles. The molecule has 0 aliphatic heterocycles. The molecule has 1 aromatic rings. The quantitative estimate of drug-likeness (QED) is 0.477. The number of esters is 1.